The molecule has 0 aliphatic heterocycles. The first-order valence-electron chi connectivity index (χ1n) is 7.29. The molecule has 0 bridgehead atoms. The van der Waals surface area contributed by atoms with E-state index in [1.54, 1.807) is 24.3 Å². The van der Waals surface area contributed by atoms with Gasteiger partial charge in [-0.15, -0.1) is 0 Å². The molecule has 7 nitrogen and oxygen atoms in total. The summed E-state index contributed by atoms with van der Waals surface area (Å²) in [4.78, 5) is 23.1. The van der Waals surface area contributed by atoms with Crippen LogP contribution in [0.3, 0.4) is 0 Å². The lowest BCUT2D eigenvalue weighted by Crippen LogP contribution is -2.28. The first-order valence-corrected chi connectivity index (χ1v) is 7.29. The molecule has 0 saturated carbocycles. The molecule has 2 aromatic carbocycles. The van der Waals surface area contributed by atoms with Crippen LogP contribution in [-0.2, 0) is 11.3 Å². The van der Waals surface area contributed by atoms with E-state index >= 15 is 0 Å². The zero-order valence-electron chi connectivity index (χ0n) is 13.4. The number of carbonyl (C=O) groups excluding carboxylic acids is 2. The highest BCUT2D eigenvalue weighted by Gasteiger charge is 2.06. The van der Waals surface area contributed by atoms with Crippen LogP contribution in [0.5, 0.6) is 11.5 Å². The first kappa shape index (κ1) is 17.1. The van der Waals surface area contributed by atoms with Crippen molar-refractivity contribution in [3.05, 3.63) is 47.5 Å². The number of hydrogen-bond donors (Lipinski definition) is 5. The molecule has 0 aliphatic rings. The number of benzene rings is 2. The van der Waals surface area contributed by atoms with Crippen molar-refractivity contribution in [1.82, 2.24) is 5.32 Å². The number of phenols is 2. The second-order valence-electron chi connectivity index (χ2n) is 5.34. The second-order valence-corrected chi connectivity index (χ2v) is 5.34. The third-order valence-corrected chi connectivity index (χ3v) is 3.30. The largest absolute Gasteiger partial charge is 0.504 e. The van der Waals surface area contributed by atoms with Gasteiger partial charge in [0, 0.05) is 24.8 Å². The van der Waals surface area contributed by atoms with E-state index in [-0.39, 0.29) is 24.0 Å². The van der Waals surface area contributed by atoms with Crippen LogP contribution >= 0.6 is 0 Å². The standard InChI is InChI=1S/C17H19N3O4/c1-10-3-5-13(8-14(10)19-11(2)21)20-17(24)18-9-12-4-6-15(22)16(23)7-12/h3-8,22-23H,9H2,1-2H3,(H,19,21)(H2,18,20,24). The van der Waals surface area contributed by atoms with Crippen molar-refractivity contribution < 1.29 is 19.8 Å². The molecule has 2 rings (SSSR count). The van der Waals surface area contributed by atoms with E-state index in [1.807, 2.05) is 6.92 Å². The van der Waals surface area contributed by atoms with E-state index in [0.717, 1.165) is 5.56 Å². The maximum atomic E-state index is 11.9. The number of carbonyl (C=O) groups is 2. The maximum Gasteiger partial charge on any atom is 0.319 e. The molecule has 0 atom stereocenters. The fraction of sp³-hybridized carbons (Fsp3) is 0.176. The highest BCUT2D eigenvalue weighted by atomic mass is 16.3. The van der Waals surface area contributed by atoms with Crippen LogP contribution in [-0.4, -0.2) is 22.2 Å². The molecule has 0 aromatic heterocycles. The predicted molar refractivity (Wildman–Crippen MR) is 91.1 cm³/mol. The molecule has 0 spiro atoms. The van der Waals surface area contributed by atoms with Crippen LogP contribution in [0.25, 0.3) is 0 Å². The van der Waals surface area contributed by atoms with E-state index in [4.69, 9.17) is 0 Å². The average molecular weight is 329 g/mol. The van der Waals surface area contributed by atoms with Crippen LogP contribution in [0.1, 0.15) is 18.1 Å². The van der Waals surface area contributed by atoms with Gasteiger partial charge < -0.3 is 26.2 Å². The minimum absolute atomic E-state index is 0.185. The number of phenolic OH excluding ortho intramolecular Hbond substituents is 2. The summed E-state index contributed by atoms with van der Waals surface area (Å²) in [6, 6.07) is 9.07. The summed E-state index contributed by atoms with van der Waals surface area (Å²) >= 11 is 0. The summed E-state index contributed by atoms with van der Waals surface area (Å²) in [5.74, 6) is -0.645. The van der Waals surface area contributed by atoms with Crippen molar-refractivity contribution in [3.8, 4) is 11.5 Å². The number of rotatable bonds is 4. The van der Waals surface area contributed by atoms with Crippen LogP contribution < -0.4 is 16.0 Å². The Labute approximate surface area is 139 Å². The third-order valence-electron chi connectivity index (χ3n) is 3.30. The molecule has 126 valence electrons. The van der Waals surface area contributed by atoms with Crippen molar-refractivity contribution in [2.24, 2.45) is 0 Å². The van der Waals surface area contributed by atoms with E-state index in [2.05, 4.69) is 16.0 Å². The van der Waals surface area contributed by atoms with Crippen LogP contribution in [0.15, 0.2) is 36.4 Å². The van der Waals surface area contributed by atoms with Gasteiger partial charge in [0.15, 0.2) is 11.5 Å². The molecule has 0 unspecified atom stereocenters. The zero-order chi connectivity index (χ0) is 17.7. The number of anilines is 2. The number of amides is 3. The molecule has 0 heterocycles. The van der Waals surface area contributed by atoms with Gasteiger partial charge in [-0.25, -0.2) is 4.79 Å². The van der Waals surface area contributed by atoms with Gasteiger partial charge in [0.2, 0.25) is 5.91 Å². The third kappa shape index (κ3) is 4.64. The topological polar surface area (TPSA) is 111 Å². The summed E-state index contributed by atoms with van der Waals surface area (Å²) in [5, 5.41) is 26.7. The van der Waals surface area contributed by atoms with Gasteiger partial charge >= 0.3 is 6.03 Å². The number of nitrogens with one attached hydrogen (secondary N) is 3. The monoisotopic (exact) mass is 329 g/mol. The van der Waals surface area contributed by atoms with Crippen LogP contribution in [0, 0.1) is 6.92 Å². The van der Waals surface area contributed by atoms with Gasteiger partial charge in [0.1, 0.15) is 0 Å². The SMILES string of the molecule is CC(=O)Nc1cc(NC(=O)NCc2ccc(O)c(O)c2)ccc1C. The smallest absolute Gasteiger partial charge is 0.319 e. The summed E-state index contributed by atoms with van der Waals surface area (Å²) < 4.78 is 0. The second kappa shape index (κ2) is 7.36. The highest BCUT2D eigenvalue weighted by molar-refractivity contribution is 5.93. The van der Waals surface area contributed by atoms with E-state index in [9.17, 15) is 19.8 Å². The summed E-state index contributed by atoms with van der Waals surface area (Å²) in [6.07, 6.45) is 0. The summed E-state index contributed by atoms with van der Waals surface area (Å²) in [6.45, 7) is 3.45. The molecule has 0 aliphatic carbocycles. The highest BCUT2D eigenvalue weighted by Crippen LogP contribution is 2.24. The molecular formula is C17H19N3O4. The predicted octanol–water partition coefficient (Wildman–Crippen LogP) is 2.69. The summed E-state index contributed by atoms with van der Waals surface area (Å²) in [5.41, 5.74) is 2.69. The van der Waals surface area contributed by atoms with E-state index in [1.165, 1.54) is 19.1 Å². The van der Waals surface area contributed by atoms with Crippen molar-refractivity contribution in [2.75, 3.05) is 10.6 Å². The van der Waals surface area contributed by atoms with Crippen LogP contribution in [0.2, 0.25) is 0 Å². The molecule has 2 aromatic rings. The molecule has 0 saturated heterocycles. The fourth-order valence-electron chi connectivity index (χ4n) is 2.06. The first-order chi connectivity index (χ1) is 11.3. The Morgan fingerprint density at radius 1 is 1.00 bits per heavy atom. The van der Waals surface area contributed by atoms with Crippen molar-refractivity contribution in [3.63, 3.8) is 0 Å². The Morgan fingerprint density at radius 3 is 2.42 bits per heavy atom. The van der Waals surface area contributed by atoms with Crippen LogP contribution in [0.4, 0.5) is 16.2 Å². The van der Waals surface area contributed by atoms with Crippen molar-refractivity contribution >= 4 is 23.3 Å². The normalized spacial score (nSPS) is 10.1. The Hall–Kier alpha value is -3.22. The Balaban J connectivity index is 1.96. The van der Waals surface area contributed by atoms with Gasteiger partial charge in [-0.05, 0) is 42.3 Å². The van der Waals surface area contributed by atoms with Gasteiger partial charge in [-0.2, -0.15) is 0 Å². The number of hydrogen-bond acceptors (Lipinski definition) is 4. The Kier molecular flexibility index (Phi) is 5.26. The number of aryl methyl sites for hydroxylation is 1. The van der Waals surface area contributed by atoms with E-state index in [0.29, 0.717) is 16.9 Å². The molecule has 24 heavy (non-hydrogen) atoms. The fourth-order valence-corrected chi connectivity index (χ4v) is 2.06. The molecule has 0 radical (unpaired) electrons. The molecule has 0 fully saturated rings. The Morgan fingerprint density at radius 2 is 1.75 bits per heavy atom. The minimum atomic E-state index is -0.430. The lowest BCUT2D eigenvalue weighted by atomic mass is 10.2. The number of aromatic hydroxyl groups is 2. The van der Waals surface area contributed by atoms with Crippen molar-refractivity contribution in [1.29, 1.82) is 0 Å². The van der Waals surface area contributed by atoms with Crippen molar-refractivity contribution in [2.45, 2.75) is 20.4 Å². The van der Waals surface area contributed by atoms with Gasteiger partial charge in [0.25, 0.3) is 0 Å². The molecule has 5 N–H and O–H groups in total. The van der Waals surface area contributed by atoms with E-state index < -0.39 is 6.03 Å². The molecule has 3 amide bonds. The zero-order valence-corrected chi connectivity index (χ0v) is 13.4. The molecule has 7 heteroatoms. The number of urea groups is 1. The van der Waals surface area contributed by atoms with Gasteiger partial charge in [0.05, 0.1) is 0 Å². The minimum Gasteiger partial charge on any atom is -0.504 e. The average Bonchev–Trinajstić information content (AvgIpc) is 2.51. The quantitative estimate of drug-likeness (QED) is 0.555. The lowest BCUT2D eigenvalue weighted by Gasteiger charge is -2.11. The van der Waals surface area contributed by atoms with Gasteiger partial charge in [-0.1, -0.05) is 12.1 Å². The maximum absolute atomic E-state index is 11.9. The lowest BCUT2D eigenvalue weighted by molar-refractivity contribution is -0.114. The molecular weight excluding hydrogens is 310 g/mol. The Bertz CT molecular complexity index is 774. The summed E-state index contributed by atoms with van der Waals surface area (Å²) in [7, 11) is 0. The van der Waals surface area contributed by atoms with Gasteiger partial charge in [-0.3, -0.25) is 4.79 Å².